The number of benzene rings is 1. The SMILES string of the molecule is O=C(CO)NC1CCN(c2ccccc2C(F)(F)F)C1. The van der Waals surface area contributed by atoms with Gasteiger partial charge in [0.25, 0.3) is 0 Å². The number of hydrogen-bond donors (Lipinski definition) is 2. The zero-order valence-corrected chi connectivity index (χ0v) is 10.7. The maximum absolute atomic E-state index is 12.9. The molecule has 110 valence electrons. The van der Waals surface area contributed by atoms with Crippen molar-refractivity contribution in [2.75, 3.05) is 24.6 Å². The number of nitrogens with one attached hydrogen (secondary N) is 1. The Balaban J connectivity index is 2.13. The molecule has 0 spiro atoms. The number of hydrogen-bond acceptors (Lipinski definition) is 3. The molecule has 1 aromatic rings. The first kappa shape index (κ1) is 14.6. The number of carbonyl (C=O) groups excluding carboxylic acids is 1. The number of aliphatic hydroxyl groups excluding tert-OH is 1. The predicted molar refractivity (Wildman–Crippen MR) is 67.3 cm³/mol. The van der Waals surface area contributed by atoms with E-state index in [0.717, 1.165) is 6.07 Å². The molecule has 0 radical (unpaired) electrons. The van der Waals surface area contributed by atoms with Crippen molar-refractivity contribution >= 4 is 11.6 Å². The van der Waals surface area contributed by atoms with Crippen LogP contribution < -0.4 is 10.2 Å². The Kier molecular flexibility index (Phi) is 4.17. The molecular weight excluding hydrogens is 273 g/mol. The van der Waals surface area contributed by atoms with Gasteiger partial charge in [-0.05, 0) is 18.6 Å². The molecule has 1 saturated heterocycles. The quantitative estimate of drug-likeness (QED) is 0.884. The van der Waals surface area contributed by atoms with Gasteiger partial charge in [0.15, 0.2) is 0 Å². The highest BCUT2D eigenvalue weighted by atomic mass is 19.4. The van der Waals surface area contributed by atoms with Gasteiger partial charge >= 0.3 is 6.18 Å². The molecule has 7 heteroatoms. The highest BCUT2D eigenvalue weighted by Gasteiger charge is 2.36. The van der Waals surface area contributed by atoms with E-state index < -0.39 is 24.3 Å². The van der Waals surface area contributed by atoms with Crippen LogP contribution in [0, 0.1) is 0 Å². The summed E-state index contributed by atoms with van der Waals surface area (Å²) in [5.41, 5.74) is -0.546. The van der Waals surface area contributed by atoms with Crippen molar-refractivity contribution in [1.29, 1.82) is 0 Å². The van der Waals surface area contributed by atoms with Gasteiger partial charge in [-0.25, -0.2) is 0 Å². The van der Waals surface area contributed by atoms with Gasteiger partial charge in [-0.2, -0.15) is 13.2 Å². The van der Waals surface area contributed by atoms with E-state index in [9.17, 15) is 18.0 Å². The number of aliphatic hydroxyl groups is 1. The van der Waals surface area contributed by atoms with Crippen molar-refractivity contribution in [3.8, 4) is 0 Å². The number of alkyl halides is 3. The summed E-state index contributed by atoms with van der Waals surface area (Å²) < 4.78 is 38.8. The Hall–Kier alpha value is -1.76. The summed E-state index contributed by atoms with van der Waals surface area (Å²) in [6.07, 6.45) is -3.85. The van der Waals surface area contributed by atoms with E-state index in [4.69, 9.17) is 5.11 Å². The summed E-state index contributed by atoms with van der Waals surface area (Å²) in [7, 11) is 0. The molecule has 20 heavy (non-hydrogen) atoms. The Labute approximate surface area is 114 Å². The van der Waals surface area contributed by atoms with Crippen LogP contribution in [0.4, 0.5) is 18.9 Å². The van der Waals surface area contributed by atoms with Gasteiger partial charge in [-0.1, -0.05) is 12.1 Å². The third kappa shape index (κ3) is 3.22. The number of carbonyl (C=O) groups is 1. The van der Waals surface area contributed by atoms with Crippen molar-refractivity contribution in [3.05, 3.63) is 29.8 Å². The summed E-state index contributed by atoms with van der Waals surface area (Å²) in [5, 5.41) is 11.2. The monoisotopic (exact) mass is 288 g/mol. The Morgan fingerprint density at radius 1 is 1.40 bits per heavy atom. The molecule has 0 bridgehead atoms. The average molecular weight is 288 g/mol. The van der Waals surface area contributed by atoms with Gasteiger partial charge in [-0.15, -0.1) is 0 Å². The lowest BCUT2D eigenvalue weighted by molar-refractivity contribution is -0.137. The fourth-order valence-electron chi connectivity index (χ4n) is 2.36. The summed E-state index contributed by atoms with van der Waals surface area (Å²) in [5.74, 6) is -0.513. The highest BCUT2D eigenvalue weighted by molar-refractivity contribution is 5.77. The zero-order chi connectivity index (χ0) is 14.8. The van der Waals surface area contributed by atoms with Crippen molar-refractivity contribution in [2.24, 2.45) is 0 Å². The largest absolute Gasteiger partial charge is 0.418 e. The summed E-state index contributed by atoms with van der Waals surface area (Å²) in [4.78, 5) is 12.7. The van der Waals surface area contributed by atoms with Crippen molar-refractivity contribution in [1.82, 2.24) is 5.32 Å². The molecule has 2 rings (SSSR count). The van der Waals surface area contributed by atoms with Crippen LogP contribution in [0.3, 0.4) is 0 Å². The lowest BCUT2D eigenvalue weighted by atomic mass is 10.1. The van der Waals surface area contributed by atoms with Gasteiger partial charge in [0.2, 0.25) is 5.91 Å². The van der Waals surface area contributed by atoms with Crippen LogP contribution in [0.1, 0.15) is 12.0 Å². The van der Waals surface area contributed by atoms with Gasteiger partial charge in [0.05, 0.1) is 5.56 Å². The van der Waals surface area contributed by atoms with E-state index >= 15 is 0 Å². The average Bonchev–Trinajstić information content (AvgIpc) is 2.86. The molecule has 1 fully saturated rings. The van der Waals surface area contributed by atoms with Gasteiger partial charge in [0.1, 0.15) is 6.61 Å². The van der Waals surface area contributed by atoms with E-state index in [1.54, 1.807) is 11.0 Å². The van der Waals surface area contributed by atoms with Crippen molar-refractivity contribution in [3.63, 3.8) is 0 Å². The molecule has 1 aliphatic heterocycles. The molecule has 0 aliphatic carbocycles. The first-order valence-corrected chi connectivity index (χ1v) is 6.23. The lowest BCUT2D eigenvalue weighted by Crippen LogP contribution is -2.38. The van der Waals surface area contributed by atoms with Gasteiger partial charge in [0, 0.05) is 24.8 Å². The molecule has 1 aromatic carbocycles. The first-order valence-electron chi connectivity index (χ1n) is 6.23. The van der Waals surface area contributed by atoms with Gasteiger partial charge in [-0.3, -0.25) is 4.79 Å². The normalized spacial score (nSPS) is 19.2. The molecule has 0 aromatic heterocycles. The van der Waals surface area contributed by atoms with E-state index in [2.05, 4.69) is 5.32 Å². The van der Waals surface area contributed by atoms with Crippen LogP contribution in [-0.4, -0.2) is 36.8 Å². The van der Waals surface area contributed by atoms with E-state index in [1.165, 1.54) is 12.1 Å². The molecule has 1 amide bonds. The third-order valence-corrected chi connectivity index (χ3v) is 3.25. The van der Waals surface area contributed by atoms with Gasteiger partial charge < -0.3 is 15.3 Å². The molecule has 0 saturated carbocycles. The number of para-hydroxylation sites is 1. The maximum Gasteiger partial charge on any atom is 0.418 e. The van der Waals surface area contributed by atoms with Crippen molar-refractivity contribution < 1.29 is 23.1 Å². The molecule has 1 atom stereocenters. The fraction of sp³-hybridized carbons (Fsp3) is 0.462. The Morgan fingerprint density at radius 3 is 2.75 bits per heavy atom. The van der Waals surface area contributed by atoms with Crippen LogP contribution >= 0.6 is 0 Å². The summed E-state index contributed by atoms with van der Waals surface area (Å²) in [6, 6.07) is 5.15. The second-order valence-electron chi connectivity index (χ2n) is 4.67. The topological polar surface area (TPSA) is 52.6 Å². The minimum Gasteiger partial charge on any atom is -0.387 e. The second-order valence-corrected chi connectivity index (χ2v) is 4.67. The van der Waals surface area contributed by atoms with E-state index in [1.807, 2.05) is 0 Å². The van der Waals surface area contributed by atoms with Crippen molar-refractivity contribution in [2.45, 2.75) is 18.6 Å². The maximum atomic E-state index is 12.9. The summed E-state index contributed by atoms with van der Waals surface area (Å²) >= 11 is 0. The zero-order valence-electron chi connectivity index (χ0n) is 10.7. The van der Waals surface area contributed by atoms with Crippen LogP contribution in [-0.2, 0) is 11.0 Å². The van der Waals surface area contributed by atoms with Crippen LogP contribution in [0.25, 0.3) is 0 Å². The van der Waals surface area contributed by atoms with E-state index in [-0.39, 0.29) is 11.7 Å². The minimum atomic E-state index is -4.40. The minimum absolute atomic E-state index is 0.126. The molecule has 1 aliphatic rings. The number of anilines is 1. The number of rotatable bonds is 3. The highest BCUT2D eigenvalue weighted by Crippen LogP contribution is 2.37. The Morgan fingerprint density at radius 2 is 2.10 bits per heavy atom. The van der Waals surface area contributed by atoms with Crippen LogP contribution in [0.2, 0.25) is 0 Å². The lowest BCUT2D eigenvalue weighted by Gasteiger charge is -2.23. The molecule has 4 nitrogen and oxygen atoms in total. The number of amides is 1. The van der Waals surface area contributed by atoms with Crippen LogP contribution in [0.5, 0.6) is 0 Å². The first-order chi connectivity index (χ1) is 9.41. The summed E-state index contributed by atoms with van der Waals surface area (Å²) in [6.45, 7) is 0.123. The smallest absolute Gasteiger partial charge is 0.387 e. The fourth-order valence-corrected chi connectivity index (χ4v) is 2.36. The third-order valence-electron chi connectivity index (χ3n) is 3.25. The van der Waals surface area contributed by atoms with Crippen LogP contribution in [0.15, 0.2) is 24.3 Å². The second kappa shape index (κ2) is 5.70. The molecular formula is C13H15F3N2O2. The standard InChI is InChI=1S/C13H15F3N2O2/c14-13(15,16)10-3-1-2-4-11(10)18-6-5-9(7-18)17-12(20)8-19/h1-4,9,19H,5-8H2,(H,17,20). The Bertz CT molecular complexity index is 491. The number of halogens is 3. The van der Waals surface area contributed by atoms with E-state index in [0.29, 0.717) is 19.5 Å². The molecule has 2 N–H and O–H groups in total. The number of nitrogens with zero attached hydrogens (tertiary/aromatic N) is 1. The molecule has 1 unspecified atom stereocenters. The molecule has 1 heterocycles. The predicted octanol–water partition coefficient (Wildman–Crippen LogP) is 1.39.